The van der Waals surface area contributed by atoms with Crippen LogP contribution < -0.4 is 10.2 Å². The van der Waals surface area contributed by atoms with Crippen LogP contribution >= 0.6 is 0 Å². The highest BCUT2D eigenvalue weighted by molar-refractivity contribution is 5.98. The first-order chi connectivity index (χ1) is 16.5. The first-order valence-corrected chi connectivity index (χ1v) is 10.9. The number of H-pyrrole nitrogens is 1. The monoisotopic (exact) mass is 463 g/mol. The van der Waals surface area contributed by atoms with E-state index in [1.54, 1.807) is 29.3 Å². The SMILES string of the molecule is O=C(C=Cc1c[nH]c2ccccc12)NC(CO)C(=O)N1CCN(c2ccc([N+](=O)[O-])cc2)CC1. The van der Waals surface area contributed by atoms with E-state index in [-0.39, 0.29) is 11.6 Å². The fourth-order valence-electron chi connectivity index (χ4n) is 3.99. The van der Waals surface area contributed by atoms with Crippen LogP contribution in [-0.4, -0.2) is 70.6 Å². The molecule has 1 atom stereocenters. The van der Waals surface area contributed by atoms with Gasteiger partial charge in [-0.05, 0) is 29.8 Å². The standard InChI is InChI=1S/C24H25N5O5/c30-16-22(26-23(31)10-5-17-15-25-21-4-2-1-3-20(17)21)24(32)28-13-11-27(12-14-28)18-6-8-19(9-7-18)29(33)34/h1-10,15,22,25,30H,11-14,16H2,(H,26,31). The third kappa shape index (κ3) is 5.07. The van der Waals surface area contributed by atoms with Gasteiger partial charge in [-0.15, -0.1) is 0 Å². The lowest BCUT2D eigenvalue weighted by Gasteiger charge is -2.37. The van der Waals surface area contributed by atoms with Crippen molar-refractivity contribution in [2.45, 2.75) is 6.04 Å². The van der Waals surface area contributed by atoms with E-state index in [1.165, 1.54) is 18.2 Å². The fraction of sp³-hybridized carbons (Fsp3) is 0.250. The number of fused-ring (bicyclic) bond motifs is 1. The third-order valence-corrected chi connectivity index (χ3v) is 5.85. The van der Waals surface area contributed by atoms with Crippen LogP contribution in [-0.2, 0) is 9.59 Å². The molecule has 1 aliphatic heterocycles. The number of aromatic amines is 1. The van der Waals surface area contributed by atoms with Gasteiger partial charge in [0.15, 0.2) is 0 Å². The van der Waals surface area contributed by atoms with Gasteiger partial charge < -0.3 is 25.2 Å². The molecule has 4 rings (SSSR count). The number of rotatable bonds is 7. The van der Waals surface area contributed by atoms with Crippen LogP contribution in [0.3, 0.4) is 0 Å². The number of non-ortho nitro benzene ring substituents is 1. The third-order valence-electron chi connectivity index (χ3n) is 5.85. The average molecular weight is 463 g/mol. The molecule has 3 aromatic rings. The van der Waals surface area contributed by atoms with Gasteiger partial charge in [0.05, 0.1) is 11.5 Å². The molecule has 0 aliphatic carbocycles. The zero-order valence-corrected chi connectivity index (χ0v) is 18.4. The van der Waals surface area contributed by atoms with E-state index < -0.39 is 23.5 Å². The second kappa shape index (κ2) is 10.2. The molecule has 10 heteroatoms. The first-order valence-electron chi connectivity index (χ1n) is 10.9. The van der Waals surface area contributed by atoms with E-state index in [2.05, 4.69) is 10.3 Å². The first kappa shape index (κ1) is 23.0. The maximum Gasteiger partial charge on any atom is 0.269 e. The maximum atomic E-state index is 12.9. The van der Waals surface area contributed by atoms with Crippen LogP contribution in [0.1, 0.15) is 5.56 Å². The average Bonchev–Trinajstić information content (AvgIpc) is 3.29. The number of para-hydroxylation sites is 1. The molecule has 0 bridgehead atoms. The normalized spacial score (nSPS) is 15.0. The molecule has 34 heavy (non-hydrogen) atoms. The predicted molar refractivity (Wildman–Crippen MR) is 128 cm³/mol. The summed E-state index contributed by atoms with van der Waals surface area (Å²) in [6, 6.07) is 13.0. The molecule has 0 spiro atoms. The molecule has 1 aromatic heterocycles. The number of amides is 2. The number of piperazine rings is 1. The molecule has 1 fully saturated rings. The van der Waals surface area contributed by atoms with E-state index in [9.17, 15) is 24.8 Å². The number of hydrogen-bond acceptors (Lipinski definition) is 6. The van der Waals surface area contributed by atoms with Crippen molar-refractivity contribution >= 4 is 40.2 Å². The van der Waals surface area contributed by atoms with Gasteiger partial charge in [-0.2, -0.15) is 0 Å². The Labute approximate surface area is 195 Å². The Kier molecular flexibility index (Phi) is 6.88. The molecule has 3 N–H and O–H groups in total. The number of anilines is 1. The van der Waals surface area contributed by atoms with Gasteiger partial charge in [-0.3, -0.25) is 19.7 Å². The molecule has 1 aliphatic rings. The number of aliphatic hydroxyl groups is 1. The largest absolute Gasteiger partial charge is 0.394 e. The van der Waals surface area contributed by atoms with E-state index in [0.717, 1.165) is 22.2 Å². The minimum atomic E-state index is -1.04. The number of nitrogens with zero attached hydrogens (tertiary/aromatic N) is 3. The predicted octanol–water partition coefficient (Wildman–Crippen LogP) is 1.92. The van der Waals surface area contributed by atoms with Gasteiger partial charge in [0, 0.05) is 67.2 Å². The van der Waals surface area contributed by atoms with Crippen molar-refractivity contribution in [3.8, 4) is 0 Å². The van der Waals surface area contributed by atoms with E-state index in [0.29, 0.717) is 26.2 Å². The summed E-state index contributed by atoms with van der Waals surface area (Å²) in [5.74, 6) is -0.818. The van der Waals surface area contributed by atoms with Gasteiger partial charge in [0.25, 0.3) is 5.69 Å². The number of nitro groups is 1. The van der Waals surface area contributed by atoms with Gasteiger partial charge in [0.2, 0.25) is 11.8 Å². The Morgan fingerprint density at radius 1 is 1.12 bits per heavy atom. The Hall–Kier alpha value is -4.18. The number of nitro benzene ring substituents is 1. The van der Waals surface area contributed by atoms with E-state index >= 15 is 0 Å². The highest BCUT2D eigenvalue weighted by Gasteiger charge is 2.28. The number of carbonyl (C=O) groups excluding carboxylic acids is 2. The summed E-state index contributed by atoms with van der Waals surface area (Å²) in [7, 11) is 0. The summed E-state index contributed by atoms with van der Waals surface area (Å²) in [5, 5.41) is 24.1. The van der Waals surface area contributed by atoms with Crippen molar-refractivity contribution in [3.05, 3.63) is 76.5 Å². The van der Waals surface area contributed by atoms with Crippen LogP contribution in [0, 0.1) is 10.1 Å². The Balaban J connectivity index is 1.32. The molecule has 0 saturated carbocycles. The smallest absolute Gasteiger partial charge is 0.269 e. The Morgan fingerprint density at radius 2 is 1.82 bits per heavy atom. The lowest BCUT2D eigenvalue weighted by Crippen LogP contribution is -2.56. The number of hydrogen-bond donors (Lipinski definition) is 3. The number of aromatic nitrogens is 1. The Bertz CT molecular complexity index is 1210. The van der Waals surface area contributed by atoms with Crippen LogP contribution in [0.2, 0.25) is 0 Å². The molecule has 0 radical (unpaired) electrons. The van der Waals surface area contributed by atoms with Crippen molar-refractivity contribution in [2.75, 3.05) is 37.7 Å². The lowest BCUT2D eigenvalue weighted by atomic mass is 10.1. The van der Waals surface area contributed by atoms with Gasteiger partial charge in [-0.25, -0.2) is 0 Å². The number of nitrogens with one attached hydrogen (secondary N) is 2. The van der Waals surface area contributed by atoms with Gasteiger partial charge >= 0.3 is 0 Å². The molecule has 176 valence electrons. The number of benzene rings is 2. The second-order valence-electron chi connectivity index (χ2n) is 7.95. The molecular weight excluding hydrogens is 438 g/mol. The minimum Gasteiger partial charge on any atom is -0.394 e. The summed E-state index contributed by atoms with van der Waals surface area (Å²) in [4.78, 5) is 42.4. The molecular formula is C24H25N5O5. The molecule has 1 saturated heterocycles. The number of aliphatic hydroxyl groups excluding tert-OH is 1. The van der Waals surface area contributed by atoms with Crippen LogP contribution in [0.25, 0.3) is 17.0 Å². The highest BCUT2D eigenvalue weighted by atomic mass is 16.6. The molecule has 2 amide bonds. The Morgan fingerprint density at radius 3 is 2.50 bits per heavy atom. The van der Waals surface area contributed by atoms with Crippen molar-refractivity contribution in [1.29, 1.82) is 0 Å². The van der Waals surface area contributed by atoms with Crippen LogP contribution in [0.4, 0.5) is 11.4 Å². The van der Waals surface area contributed by atoms with Crippen molar-refractivity contribution < 1.29 is 19.6 Å². The molecule has 10 nitrogen and oxygen atoms in total. The van der Waals surface area contributed by atoms with Crippen LogP contribution in [0.5, 0.6) is 0 Å². The van der Waals surface area contributed by atoms with Crippen LogP contribution in [0.15, 0.2) is 60.8 Å². The topological polar surface area (TPSA) is 132 Å². The van der Waals surface area contributed by atoms with E-state index in [4.69, 9.17) is 0 Å². The van der Waals surface area contributed by atoms with Crippen molar-refractivity contribution in [2.24, 2.45) is 0 Å². The zero-order valence-electron chi connectivity index (χ0n) is 18.4. The summed E-state index contributed by atoms with van der Waals surface area (Å²) in [6.07, 6.45) is 4.81. The summed E-state index contributed by atoms with van der Waals surface area (Å²) in [5.41, 5.74) is 2.67. The lowest BCUT2D eigenvalue weighted by molar-refractivity contribution is -0.384. The zero-order chi connectivity index (χ0) is 24.1. The quantitative estimate of drug-likeness (QED) is 0.279. The summed E-state index contributed by atoms with van der Waals surface area (Å²) < 4.78 is 0. The fourth-order valence-corrected chi connectivity index (χ4v) is 3.99. The number of carbonyl (C=O) groups is 2. The summed E-state index contributed by atoms with van der Waals surface area (Å²) in [6.45, 7) is 1.39. The van der Waals surface area contributed by atoms with Gasteiger partial charge in [-0.1, -0.05) is 18.2 Å². The van der Waals surface area contributed by atoms with Crippen molar-refractivity contribution in [3.63, 3.8) is 0 Å². The van der Waals surface area contributed by atoms with Crippen molar-refractivity contribution in [1.82, 2.24) is 15.2 Å². The second-order valence-corrected chi connectivity index (χ2v) is 7.95. The maximum absolute atomic E-state index is 12.9. The molecule has 2 heterocycles. The summed E-state index contributed by atoms with van der Waals surface area (Å²) >= 11 is 0. The highest BCUT2D eigenvalue weighted by Crippen LogP contribution is 2.21. The minimum absolute atomic E-state index is 0.0258. The molecule has 2 aromatic carbocycles. The van der Waals surface area contributed by atoms with Gasteiger partial charge in [0.1, 0.15) is 6.04 Å². The molecule has 1 unspecified atom stereocenters. The van der Waals surface area contributed by atoms with E-state index in [1.807, 2.05) is 29.2 Å².